The number of anilines is 1. The van der Waals surface area contributed by atoms with E-state index in [0.717, 1.165) is 10.6 Å². The standard InChI is InChI=1S/C15H14N4O5S2/c1-26(21,22)19-5-4-9-13(8-19)25-15(16-9)17-14(20)10-7-12(24-18-10)11-3-2-6-23-11/h2-3,6-7H,4-5,8H2,1H3,(H,16,17,20). The number of nitrogens with one attached hydrogen (secondary N) is 1. The molecule has 3 aromatic rings. The van der Waals surface area contributed by atoms with Crippen molar-refractivity contribution in [1.29, 1.82) is 0 Å². The molecular formula is C15H14N4O5S2. The minimum Gasteiger partial charge on any atom is -0.461 e. The molecule has 3 aromatic heterocycles. The highest BCUT2D eigenvalue weighted by molar-refractivity contribution is 7.88. The molecule has 0 aromatic carbocycles. The van der Waals surface area contributed by atoms with Crippen LogP contribution in [0.4, 0.5) is 5.13 Å². The third-order valence-corrected chi connectivity index (χ3v) is 6.14. The SMILES string of the molecule is CS(=O)(=O)N1CCc2nc(NC(=O)c3cc(-c4ccco4)on3)sc2C1. The highest BCUT2D eigenvalue weighted by atomic mass is 32.2. The summed E-state index contributed by atoms with van der Waals surface area (Å²) in [6.07, 6.45) is 3.20. The maximum Gasteiger partial charge on any atom is 0.279 e. The van der Waals surface area contributed by atoms with Gasteiger partial charge in [0.2, 0.25) is 15.8 Å². The van der Waals surface area contributed by atoms with Crippen molar-refractivity contribution in [3.8, 4) is 11.5 Å². The molecule has 0 bridgehead atoms. The number of nitrogens with zero attached hydrogens (tertiary/aromatic N) is 3. The molecule has 1 aliphatic heterocycles. The zero-order chi connectivity index (χ0) is 18.3. The summed E-state index contributed by atoms with van der Waals surface area (Å²) in [5.74, 6) is 0.363. The lowest BCUT2D eigenvalue weighted by Gasteiger charge is -2.23. The van der Waals surface area contributed by atoms with Gasteiger partial charge in [-0.2, -0.15) is 4.31 Å². The van der Waals surface area contributed by atoms with Crippen LogP contribution in [0, 0.1) is 0 Å². The van der Waals surface area contributed by atoms with Crippen LogP contribution in [0.3, 0.4) is 0 Å². The third-order valence-electron chi connectivity index (χ3n) is 3.89. The number of aromatic nitrogens is 2. The van der Waals surface area contributed by atoms with E-state index in [9.17, 15) is 13.2 Å². The van der Waals surface area contributed by atoms with E-state index >= 15 is 0 Å². The Bertz CT molecular complexity index is 1050. The average Bonchev–Trinajstić information content (AvgIpc) is 3.32. The molecular weight excluding hydrogens is 380 g/mol. The number of carbonyl (C=O) groups is 1. The fraction of sp³-hybridized carbons (Fsp3) is 0.267. The first kappa shape index (κ1) is 16.9. The Morgan fingerprint density at radius 2 is 2.23 bits per heavy atom. The lowest BCUT2D eigenvalue weighted by molar-refractivity contribution is 0.101. The summed E-state index contributed by atoms with van der Waals surface area (Å²) in [4.78, 5) is 17.5. The van der Waals surface area contributed by atoms with Crippen molar-refractivity contribution in [2.75, 3.05) is 18.1 Å². The van der Waals surface area contributed by atoms with Crippen LogP contribution >= 0.6 is 11.3 Å². The number of hydrogen-bond donors (Lipinski definition) is 1. The van der Waals surface area contributed by atoms with Crippen molar-refractivity contribution >= 4 is 32.4 Å². The number of furan rings is 1. The predicted octanol–water partition coefficient (Wildman–Crippen LogP) is 1.96. The van der Waals surface area contributed by atoms with Crippen LogP contribution in [-0.2, 0) is 23.0 Å². The zero-order valence-corrected chi connectivity index (χ0v) is 15.3. The summed E-state index contributed by atoms with van der Waals surface area (Å²) >= 11 is 1.26. The predicted molar refractivity (Wildman–Crippen MR) is 93.2 cm³/mol. The van der Waals surface area contributed by atoms with Crippen LogP contribution in [-0.4, -0.2) is 41.6 Å². The van der Waals surface area contributed by atoms with Gasteiger partial charge in [0.1, 0.15) is 0 Å². The third kappa shape index (κ3) is 3.28. The highest BCUT2D eigenvalue weighted by Gasteiger charge is 2.27. The molecule has 4 rings (SSSR count). The van der Waals surface area contributed by atoms with Crippen molar-refractivity contribution in [3.63, 3.8) is 0 Å². The smallest absolute Gasteiger partial charge is 0.279 e. The van der Waals surface area contributed by atoms with Gasteiger partial charge in [0, 0.05) is 30.5 Å². The largest absolute Gasteiger partial charge is 0.461 e. The number of carbonyl (C=O) groups excluding carboxylic acids is 1. The van der Waals surface area contributed by atoms with Crippen molar-refractivity contribution in [1.82, 2.24) is 14.4 Å². The molecule has 26 heavy (non-hydrogen) atoms. The van der Waals surface area contributed by atoms with Crippen LogP contribution in [0.25, 0.3) is 11.5 Å². The molecule has 0 saturated heterocycles. The second kappa shape index (κ2) is 6.34. The van der Waals surface area contributed by atoms with E-state index in [2.05, 4.69) is 15.5 Å². The van der Waals surface area contributed by atoms with Crippen molar-refractivity contribution in [3.05, 3.63) is 40.7 Å². The van der Waals surface area contributed by atoms with E-state index in [4.69, 9.17) is 8.94 Å². The molecule has 4 heterocycles. The van der Waals surface area contributed by atoms with Gasteiger partial charge in [-0.15, -0.1) is 11.3 Å². The summed E-state index contributed by atoms with van der Waals surface area (Å²) in [5.41, 5.74) is 0.906. The van der Waals surface area contributed by atoms with Gasteiger partial charge in [0.05, 0.1) is 18.2 Å². The monoisotopic (exact) mass is 394 g/mol. The molecule has 11 heteroatoms. The zero-order valence-electron chi connectivity index (χ0n) is 13.6. The molecule has 1 aliphatic rings. The number of rotatable bonds is 4. The van der Waals surface area contributed by atoms with Gasteiger partial charge in [-0.05, 0) is 12.1 Å². The first-order valence-corrected chi connectivity index (χ1v) is 10.3. The van der Waals surface area contributed by atoms with E-state index in [-0.39, 0.29) is 12.2 Å². The number of thiazole rings is 1. The molecule has 0 unspecified atom stereocenters. The van der Waals surface area contributed by atoms with Crippen LogP contribution in [0.15, 0.2) is 33.4 Å². The van der Waals surface area contributed by atoms with Gasteiger partial charge in [0.25, 0.3) is 5.91 Å². The molecule has 0 atom stereocenters. The summed E-state index contributed by atoms with van der Waals surface area (Å²) in [5, 5.41) is 6.81. The van der Waals surface area contributed by atoms with Crippen LogP contribution < -0.4 is 5.32 Å². The molecule has 0 spiro atoms. The summed E-state index contributed by atoms with van der Waals surface area (Å²) in [6.45, 7) is 0.660. The van der Waals surface area contributed by atoms with Crippen LogP contribution in [0.2, 0.25) is 0 Å². The first-order valence-electron chi connectivity index (χ1n) is 7.66. The number of sulfonamides is 1. The Labute approximate surface area is 152 Å². The van der Waals surface area contributed by atoms with E-state index in [1.54, 1.807) is 12.1 Å². The fourth-order valence-corrected chi connectivity index (χ4v) is 4.47. The molecule has 0 radical (unpaired) electrons. The summed E-state index contributed by atoms with van der Waals surface area (Å²) in [7, 11) is -3.25. The molecule has 0 saturated carbocycles. The number of amides is 1. The Hall–Kier alpha value is -2.50. The quantitative estimate of drug-likeness (QED) is 0.718. The minimum atomic E-state index is -3.25. The van der Waals surface area contributed by atoms with E-state index in [1.807, 2.05) is 0 Å². The van der Waals surface area contributed by atoms with Gasteiger partial charge in [-0.3, -0.25) is 10.1 Å². The second-order valence-electron chi connectivity index (χ2n) is 5.74. The van der Waals surface area contributed by atoms with Crippen molar-refractivity contribution in [2.45, 2.75) is 13.0 Å². The topological polar surface area (TPSA) is 119 Å². The van der Waals surface area contributed by atoms with Crippen LogP contribution in [0.5, 0.6) is 0 Å². The summed E-state index contributed by atoms with van der Waals surface area (Å²) in [6, 6.07) is 4.88. The molecule has 1 N–H and O–H groups in total. The Kier molecular flexibility index (Phi) is 4.13. The second-order valence-corrected chi connectivity index (χ2v) is 8.81. The number of hydrogen-bond acceptors (Lipinski definition) is 8. The number of fused-ring (bicyclic) bond motifs is 1. The Balaban J connectivity index is 1.49. The summed E-state index contributed by atoms with van der Waals surface area (Å²) < 4.78 is 35.1. The average molecular weight is 394 g/mol. The maximum absolute atomic E-state index is 12.3. The molecule has 0 fully saturated rings. The molecule has 9 nitrogen and oxygen atoms in total. The lowest BCUT2D eigenvalue weighted by Crippen LogP contribution is -2.34. The van der Waals surface area contributed by atoms with Crippen LogP contribution in [0.1, 0.15) is 21.1 Å². The minimum absolute atomic E-state index is 0.0994. The van der Waals surface area contributed by atoms with E-state index in [1.165, 1.54) is 34.2 Å². The van der Waals surface area contributed by atoms with E-state index < -0.39 is 15.9 Å². The first-order chi connectivity index (χ1) is 12.4. The maximum atomic E-state index is 12.3. The van der Waals surface area contributed by atoms with Gasteiger partial charge >= 0.3 is 0 Å². The van der Waals surface area contributed by atoms with Gasteiger partial charge in [0.15, 0.2) is 16.6 Å². The van der Waals surface area contributed by atoms with Gasteiger partial charge in [-0.25, -0.2) is 13.4 Å². The highest BCUT2D eigenvalue weighted by Crippen LogP contribution is 2.29. The fourth-order valence-electron chi connectivity index (χ4n) is 2.59. The lowest BCUT2D eigenvalue weighted by atomic mass is 10.2. The Morgan fingerprint density at radius 3 is 2.96 bits per heavy atom. The van der Waals surface area contributed by atoms with Gasteiger partial charge in [-0.1, -0.05) is 5.16 Å². The van der Waals surface area contributed by atoms with E-state index in [0.29, 0.717) is 29.6 Å². The molecule has 0 aliphatic carbocycles. The van der Waals surface area contributed by atoms with Gasteiger partial charge < -0.3 is 8.94 Å². The molecule has 136 valence electrons. The normalized spacial score (nSPS) is 15.0. The Morgan fingerprint density at radius 1 is 1.38 bits per heavy atom. The molecule has 1 amide bonds. The van der Waals surface area contributed by atoms with Crippen molar-refractivity contribution < 1.29 is 22.2 Å². The van der Waals surface area contributed by atoms with Crippen molar-refractivity contribution in [2.24, 2.45) is 0 Å².